The van der Waals surface area contributed by atoms with E-state index in [1.807, 2.05) is 26.0 Å². The number of carbonyl (C=O) groups excluding carboxylic acids is 1. The number of nitriles is 1. The van der Waals surface area contributed by atoms with Crippen molar-refractivity contribution in [1.82, 2.24) is 14.8 Å². The Balaban J connectivity index is 1.75. The minimum absolute atomic E-state index is 0.272. The first-order chi connectivity index (χ1) is 14.8. The van der Waals surface area contributed by atoms with Crippen molar-refractivity contribution in [3.63, 3.8) is 0 Å². The molecule has 3 aromatic rings. The maximum absolute atomic E-state index is 14.5. The van der Waals surface area contributed by atoms with Gasteiger partial charge in [0.15, 0.2) is 5.82 Å². The van der Waals surface area contributed by atoms with E-state index in [2.05, 4.69) is 26.8 Å². The number of nitrogens with zero attached hydrogens (tertiary/aromatic N) is 4. The molecule has 31 heavy (non-hydrogen) atoms. The van der Waals surface area contributed by atoms with Crippen molar-refractivity contribution < 1.29 is 9.18 Å². The molecule has 0 radical (unpaired) electrons. The number of amides is 1. The molecule has 0 saturated carbocycles. The minimum Gasteiger partial charge on any atom is -0.342 e. The molecule has 0 fully saturated rings. The number of hydrogen-bond donors (Lipinski definition) is 2. The van der Waals surface area contributed by atoms with Gasteiger partial charge in [0.1, 0.15) is 11.9 Å². The molecule has 4 rings (SSSR count). The summed E-state index contributed by atoms with van der Waals surface area (Å²) < 4.78 is 16.1. The van der Waals surface area contributed by atoms with Crippen molar-refractivity contribution in [2.45, 2.75) is 33.7 Å². The van der Waals surface area contributed by atoms with E-state index in [1.54, 1.807) is 36.9 Å². The smallest absolute Gasteiger partial charge is 0.258 e. The summed E-state index contributed by atoms with van der Waals surface area (Å²) >= 11 is 0. The highest BCUT2D eigenvalue weighted by molar-refractivity contribution is 6.32. The van der Waals surface area contributed by atoms with Gasteiger partial charge in [-0.15, -0.1) is 0 Å². The third-order valence-electron chi connectivity index (χ3n) is 5.29. The van der Waals surface area contributed by atoms with Crippen LogP contribution in [0.3, 0.4) is 0 Å². The number of hydrogen-bond acceptors (Lipinski definition) is 5. The van der Waals surface area contributed by atoms with Crippen LogP contribution in [0.2, 0.25) is 0 Å². The number of benzene rings is 1. The van der Waals surface area contributed by atoms with Gasteiger partial charge in [-0.1, -0.05) is 12.1 Å². The van der Waals surface area contributed by atoms with Crippen molar-refractivity contribution >= 4 is 23.0 Å². The quantitative estimate of drug-likeness (QED) is 0.607. The molecule has 0 unspecified atom stereocenters. The Morgan fingerprint density at radius 3 is 2.81 bits per heavy atom. The molecule has 1 aliphatic rings. The Kier molecular flexibility index (Phi) is 5.03. The molecular formula is C23H21FN6O. The summed E-state index contributed by atoms with van der Waals surface area (Å²) in [6, 6.07) is 10.2. The van der Waals surface area contributed by atoms with E-state index in [4.69, 9.17) is 5.26 Å². The van der Waals surface area contributed by atoms with E-state index in [1.165, 1.54) is 6.07 Å². The number of anilines is 2. The molecule has 1 amide bonds. The lowest BCUT2D eigenvalue weighted by molar-refractivity contribution is -0.110. The Bertz CT molecular complexity index is 1260. The molecule has 156 valence electrons. The van der Waals surface area contributed by atoms with Crippen LogP contribution in [0.5, 0.6) is 0 Å². The van der Waals surface area contributed by atoms with Crippen molar-refractivity contribution in [2.75, 3.05) is 10.6 Å². The molecule has 0 aliphatic carbocycles. The van der Waals surface area contributed by atoms with Crippen LogP contribution in [0.25, 0.3) is 16.8 Å². The maximum atomic E-state index is 14.5. The lowest BCUT2D eigenvalue weighted by Crippen LogP contribution is -2.10. The third-order valence-corrected chi connectivity index (χ3v) is 5.29. The number of allylic oxidation sites excluding steroid dienone is 1. The van der Waals surface area contributed by atoms with E-state index in [0.29, 0.717) is 39.6 Å². The molecular weight excluding hydrogens is 395 g/mol. The predicted molar refractivity (Wildman–Crippen MR) is 117 cm³/mol. The number of fused-ring (bicyclic) bond motifs is 1. The van der Waals surface area contributed by atoms with E-state index in [9.17, 15) is 9.18 Å². The molecule has 3 heterocycles. The first kappa shape index (κ1) is 20.3. The van der Waals surface area contributed by atoms with Crippen LogP contribution in [0.15, 0.2) is 42.2 Å². The number of carbonyl (C=O) groups is 1. The van der Waals surface area contributed by atoms with Crippen molar-refractivity contribution in [3.8, 4) is 17.3 Å². The zero-order valence-electron chi connectivity index (χ0n) is 17.6. The summed E-state index contributed by atoms with van der Waals surface area (Å²) in [7, 11) is 0. The number of rotatable bonds is 4. The Morgan fingerprint density at radius 1 is 1.32 bits per heavy atom. The van der Waals surface area contributed by atoms with Crippen LogP contribution in [-0.4, -0.2) is 20.7 Å². The molecule has 0 spiro atoms. The zero-order valence-corrected chi connectivity index (χ0v) is 17.6. The summed E-state index contributed by atoms with van der Waals surface area (Å²) in [6.07, 6.45) is 1.54. The van der Waals surface area contributed by atoms with Gasteiger partial charge in [-0.3, -0.25) is 14.5 Å². The summed E-state index contributed by atoms with van der Waals surface area (Å²) in [6.45, 7) is 7.22. The van der Waals surface area contributed by atoms with E-state index >= 15 is 0 Å². The van der Waals surface area contributed by atoms with Crippen LogP contribution in [0.1, 0.15) is 36.7 Å². The number of nitrogens with one attached hydrogen (secondary N) is 2. The first-order valence-corrected chi connectivity index (χ1v) is 9.81. The summed E-state index contributed by atoms with van der Waals surface area (Å²) in [5.74, 6) is -0.103. The van der Waals surface area contributed by atoms with Gasteiger partial charge in [-0.2, -0.15) is 10.4 Å². The summed E-state index contributed by atoms with van der Waals surface area (Å²) in [5.41, 5.74) is 4.70. The molecule has 1 aliphatic heterocycles. The molecule has 8 heteroatoms. The topological polar surface area (TPSA) is 95.6 Å². The molecule has 1 aromatic carbocycles. The molecule has 0 bridgehead atoms. The highest BCUT2D eigenvalue weighted by Crippen LogP contribution is 2.37. The SMILES string of the molecule is C/C(Nc1cc(C)n([C@@H](C)C#N)n1)=C1/C(=O)Nc2cnc(-c3c(C)cccc3F)cc21. The number of halogens is 1. The number of pyridine rings is 1. The van der Waals surface area contributed by atoms with Crippen molar-refractivity contribution in [1.29, 1.82) is 5.26 Å². The molecule has 7 nitrogen and oxygen atoms in total. The largest absolute Gasteiger partial charge is 0.342 e. The van der Waals surface area contributed by atoms with Gasteiger partial charge in [-0.25, -0.2) is 4.39 Å². The molecule has 0 saturated heterocycles. The molecule has 2 N–H and O–H groups in total. The van der Waals surface area contributed by atoms with Crippen molar-refractivity contribution in [3.05, 3.63) is 64.9 Å². The Morgan fingerprint density at radius 2 is 2.10 bits per heavy atom. The average molecular weight is 416 g/mol. The molecule has 2 aromatic heterocycles. The lowest BCUT2D eigenvalue weighted by atomic mass is 10.00. The second-order valence-electron chi connectivity index (χ2n) is 7.55. The number of aromatic nitrogens is 3. The van der Waals surface area contributed by atoms with E-state index < -0.39 is 6.04 Å². The fourth-order valence-corrected chi connectivity index (χ4v) is 3.78. The number of aryl methyl sites for hydroxylation is 2. The zero-order chi connectivity index (χ0) is 22.3. The fraction of sp³-hybridized carbons (Fsp3) is 0.217. The van der Waals surface area contributed by atoms with Gasteiger partial charge >= 0.3 is 0 Å². The van der Waals surface area contributed by atoms with Gasteiger partial charge in [0.05, 0.1) is 29.2 Å². The monoisotopic (exact) mass is 416 g/mol. The van der Waals surface area contributed by atoms with Crippen molar-refractivity contribution in [2.24, 2.45) is 0 Å². The van der Waals surface area contributed by atoms with Gasteiger partial charge < -0.3 is 10.6 Å². The third kappa shape index (κ3) is 3.55. The second kappa shape index (κ2) is 7.69. The maximum Gasteiger partial charge on any atom is 0.258 e. The highest BCUT2D eigenvalue weighted by Gasteiger charge is 2.28. The average Bonchev–Trinajstić information content (AvgIpc) is 3.25. The fourth-order valence-electron chi connectivity index (χ4n) is 3.78. The summed E-state index contributed by atoms with van der Waals surface area (Å²) in [4.78, 5) is 17.0. The van der Waals surface area contributed by atoms with E-state index in [-0.39, 0.29) is 11.7 Å². The van der Waals surface area contributed by atoms with Crippen LogP contribution in [0.4, 0.5) is 15.9 Å². The van der Waals surface area contributed by atoms with Crippen LogP contribution >= 0.6 is 0 Å². The van der Waals surface area contributed by atoms with Gasteiger partial charge in [-0.05, 0) is 45.4 Å². The Hall–Kier alpha value is -3.99. The highest BCUT2D eigenvalue weighted by atomic mass is 19.1. The van der Waals surface area contributed by atoms with Gasteiger partial charge in [0.2, 0.25) is 0 Å². The second-order valence-corrected chi connectivity index (χ2v) is 7.55. The minimum atomic E-state index is -0.406. The predicted octanol–water partition coefficient (Wildman–Crippen LogP) is 4.58. The standard InChI is InChI=1S/C23H21FN6O/c1-12-6-5-7-17(24)21(12)18-9-16-19(11-26-18)28-23(31)22(16)15(4)27-20-8-13(2)30(29-20)14(3)10-25/h5-9,11,14H,1-4H3,(H,27,29)(H,28,31)/b22-15-/t14-/m0/s1. The molecule has 1 atom stereocenters. The van der Waals surface area contributed by atoms with E-state index in [0.717, 1.165) is 11.3 Å². The van der Waals surface area contributed by atoms with Crippen LogP contribution < -0.4 is 10.6 Å². The normalized spacial score (nSPS) is 15.2. The van der Waals surface area contributed by atoms with Gasteiger partial charge in [0.25, 0.3) is 5.91 Å². The lowest BCUT2D eigenvalue weighted by Gasteiger charge is -2.10. The van der Waals surface area contributed by atoms with Gasteiger partial charge in [0, 0.05) is 28.6 Å². The van der Waals surface area contributed by atoms with Crippen LogP contribution in [-0.2, 0) is 4.79 Å². The Labute approximate surface area is 179 Å². The first-order valence-electron chi connectivity index (χ1n) is 9.81. The summed E-state index contributed by atoms with van der Waals surface area (Å²) in [5, 5.41) is 19.5. The van der Waals surface area contributed by atoms with Crippen LogP contribution in [0, 0.1) is 31.0 Å².